The number of carboxylic acids is 1. The van der Waals surface area contributed by atoms with Gasteiger partial charge in [-0.3, -0.25) is 0 Å². The van der Waals surface area contributed by atoms with Crippen LogP contribution in [0.15, 0.2) is 47.4 Å². The second-order valence-electron chi connectivity index (χ2n) is 9.69. The van der Waals surface area contributed by atoms with Gasteiger partial charge in [0.1, 0.15) is 0 Å². The quantitative estimate of drug-likeness (QED) is 0.732. The highest BCUT2D eigenvalue weighted by molar-refractivity contribution is 7.91. The van der Waals surface area contributed by atoms with Gasteiger partial charge in [0, 0.05) is 12.2 Å². The van der Waals surface area contributed by atoms with Gasteiger partial charge >= 0.3 is 5.97 Å². The standard InChI is InChI=1S/C24H30N2O4S/c1-24(2)13-19-11-18(23(27)28)7-8-21(19)25-22(24)17-5-4-6-20(12-17)31(29,30)15-16-9-10-26(3)14-16/h4-8,11-12,16,22,25H,9-10,13-15H2,1-3H3,(H,27,28). The van der Waals surface area contributed by atoms with Crippen LogP contribution in [0.5, 0.6) is 0 Å². The molecule has 1 fully saturated rings. The summed E-state index contributed by atoms with van der Waals surface area (Å²) < 4.78 is 26.2. The third kappa shape index (κ3) is 4.48. The van der Waals surface area contributed by atoms with E-state index >= 15 is 0 Å². The first-order chi connectivity index (χ1) is 14.5. The molecule has 2 N–H and O–H groups in total. The number of aromatic carboxylic acids is 1. The van der Waals surface area contributed by atoms with Crippen LogP contribution in [-0.2, 0) is 16.3 Å². The van der Waals surface area contributed by atoms with Crippen molar-refractivity contribution in [2.24, 2.45) is 11.3 Å². The fourth-order valence-electron chi connectivity index (χ4n) is 4.95. The van der Waals surface area contributed by atoms with E-state index in [0.29, 0.717) is 11.3 Å². The first-order valence-corrected chi connectivity index (χ1v) is 12.3. The SMILES string of the molecule is CN1CCC(CS(=O)(=O)c2cccc(C3Nc4ccc(C(=O)O)cc4CC3(C)C)c2)C1. The predicted octanol–water partition coefficient (Wildman–Crippen LogP) is 3.85. The van der Waals surface area contributed by atoms with Crippen molar-refractivity contribution >= 4 is 21.5 Å². The summed E-state index contributed by atoms with van der Waals surface area (Å²) in [5.74, 6) is -0.574. The fourth-order valence-corrected chi connectivity index (χ4v) is 6.64. The van der Waals surface area contributed by atoms with Crippen molar-refractivity contribution in [1.29, 1.82) is 0 Å². The number of carbonyl (C=O) groups is 1. The molecule has 4 rings (SSSR count). The van der Waals surface area contributed by atoms with Gasteiger partial charge in [-0.25, -0.2) is 13.2 Å². The molecule has 2 aromatic rings. The number of sulfone groups is 1. The summed E-state index contributed by atoms with van der Waals surface area (Å²) >= 11 is 0. The Kier molecular flexibility index (Phi) is 5.60. The van der Waals surface area contributed by atoms with E-state index in [1.165, 1.54) is 0 Å². The number of hydrogen-bond acceptors (Lipinski definition) is 5. The van der Waals surface area contributed by atoms with Crippen LogP contribution < -0.4 is 5.32 Å². The highest BCUT2D eigenvalue weighted by Gasteiger charge is 2.37. The number of benzene rings is 2. The van der Waals surface area contributed by atoms with E-state index in [2.05, 4.69) is 24.1 Å². The summed E-state index contributed by atoms with van der Waals surface area (Å²) in [4.78, 5) is 13.9. The molecule has 0 radical (unpaired) electrons. The number of anilines is 1. The normalized spacial score (nSPS) is 23.2. The van der Waals surface area contributed by atoms with Gasteiger partial charge < -0.3 is 15.3 Å². The Morgan fingerprint density at radius 3 is 2.68 bits per heavy atom. The largest absolute Gasteiger partial charge is 0.478 e. The molecule has 0 aromatic heterocycles. The Morgan fingerprint density at radius 2 is 2.00 bits per heavy atom. The van der Waals surface area contributed by atoms with Crippen LogP contribution in [-0.4, -0.2) is 50.3 Å². The maximum absolute atomic E-state index is 13.1. The molecular weight excluding hydrogens is 412 g/mol. The Labute approximate surface area is 184 Å². The van der Waals surface area contributed by atoms with Crippen molar-refractivity contribution in [3.8, 4) is 0 Å². The van der Waals surface area contributed by atoms with Crippen molar-refractivity contribution < 1.29 is 18.3 Å². The number of likely N-dealkylation sites (tertiary alicyclic amines) is 1. The van der Waals surface area contributed by atoms with Crippen LogP contribution in [0, 0.1) is 11.3 Å². The monoisotopic (exact) mass is 442 g/mol. The number of rotatable bonds is 5. The molecule has 166 valence electrons. The zero-order valence-electron chi connectivity index (χ0n) is 18.3. The third-order valence-electron chi connectivity index (χ3n) is 6.57. The van der Waals surface area contributed by atoms with Gasteiger partial charge in [0.25, 0.3) is 0 Å². The lowest BCUT2D eigenvalue weighted by Gasteiger charge is -2.41. The topological polar surface area (TPSA) is 86.7 Å². The average Bonchev–Trinajstić information content (AvgIpc) is 3.10. The Hall–Kier alpha value is -2.38. The van der Waals surface area contributed by atoms with Crippen molar-refractivity contribution in [1.82, 2.24) is 4.90 Å². The minimum absolute atomic E-state index is 0.0801. The van der Waals surface area contributed by atoms with Gasteiger partial charge in [-0.15, -0.1) is 0 Å². The molecule has 2 unspecified atom stereocenters. The first kappa shape index (κ1) is 21.8. The van der Waals surface area contributed by atoms with Crippen LogP contribution in [0.25, 0.3) is 0 Å². The molecule has 1 saturated heterocycles. The number of nitrogens with zero attached hydrogens (tertiary/aromatic N) is 1. The molecular formula is C24H30N2O4S. The zero-order valence-corrected chi connectivity index (χ0v) is 19.1. The average molecular weight is 443 g/mol. The second-order valence-corrected chi connectivity index (χ2v) is 11.7. The Morgan fingerprint density at radius 1 is 1.23 bits per heavy atom. The second kappa shape index (κ2) is 7.95. The van der Waals surface area contributed by atoms with Gasteiger partial charge in [0.05, 0.1) is 22.3 Å². The van der Waals surface area contributed by atoms with E-state index in [1.807, 2.05) is 25.2 Å². The number of fused-ring (bicyclic) bond motifs is 1. The van der Waals surface area contributed by atoms with Crippen LogP contribution in [0.1, 0.15) is 47.8 Å². The number of hydrogen-bond donors (Lipinski definition) is 2. The molecule has 31 heavy (non-hydrogen) atoms. The van der Waals surface area contributed by atoms with Crippen LogP contribution in [0.2, 0.25) is 0 Å². The molecule has 0 bridgehead atoms. The van der Waals surface area contributed by atoms with Crippen LogP contribution in [0.3, 0.4) is 0 Å². The molecule has 7 heteroatoms. The fraction of sp³-hybridized carbons (Fsp3) is 0.458. The van der Waals surface area contributed by atoms with E-state index in [-0.39, 0.29) is 28.7 Å². The van der Waals surface area contributed by atoms with Gasteiger partial charge in [-0.1, -0.05) is 26.0 Å². The van der Waals surface area contributed by atoms with E-state index in [4.69, 9.17) is 0 Å². The minimum atomic E-state index is -3.36. The summed E-state index contributed by atoms with van der Waals surface area (Å²) in [5, 5.41) is 12.8. The zero-order chi connectivity index (χ0) is 22.4. The molecule has 2 aliphatic heterocycles. The van der Waals surface area contributed by atoms with Crippen molar-refractivity contribution in [3.05, 3.63) is 59.2 Å². The highest BCUT2D eigenvalue weighted by atomic mass is 32.2. The lowest BCUT2D eigenvalue weighted by Crippen LogP contribution is -2.35. The Balaban J connectivity index is 1.62. The van der Waals surface area contributed by atoms with E-state index in [0.717, 1.165) is 36.3 Å². The molecule has 0 saturated carbocycles. The Bertz CT molecular complexity index is 1110. The molecule has 0 amide bonds. The van der Waals surface area contributed by atoms with E-state index in [1.54, 1.807) is 24.3 Å². The van der Waals surface area contributed by atoms with Crippen LogP contribution in [0.4, 0.5) is 5.69 Å². The van der Waals surface area contributed by atoms with Gasteiger partial charge in [0.2, 0.25) is 0 Å². The lowest BCUT2D eigenvalue weighted by atomic mass is 9.73. The van der Waals surface area contributed by atoms with Gasteiger partial charge in [-0.2, -0.15) is 0 Å². The van der Waals surface area contributed by atoms with Crippen molar-refractivity contribution in [3.63, 3.8) is 0 Å². The summed E-state index contributed by atoms with van der Waals surface area (Å²) in [6, 6.07) is 12.3. The summed E-state index contributed by atoms with van der Waals surface area (Å²) in [6.45, 7) is 6.02. The lowest BCUT2D eigenvalue weighted by molar-refractivity contribution is 0.0696. The molecule has 2 atom stereocenters. The molecule has 2 heterocycles. The molecule has 2 aromatic carbocycles. The summed E-state index contributed by atoms with van der Waals surface area (Å²) in [7, 11) is -1.33. The van der Waals surface area contributed by atoms with Crippen molar-refractivity contribution in [2.75, 3.05) is 31.2 Å². The summed E-state index contributed by atoms with van der Waals surface area (Å²) in [5.41, 5.74) is 2.86. The van der Waals surface area contributed by atoms with Gasteiger partial charge in [-0.05, 0) is 79.2 Å². The van der Waals surface area contributed by atoms with E-state index in [9.17, 15) is 18.3 Å². The van der Waals surface area contributed by atoms with E-state index < -0.39 is 15.8 Å². The third-order valence-corrected chi connectivity index (χ3v) is 8.46. The number of carboxylic acid groups (broad SMARTS) is 1. The summed E-state index contributed by atoms with van der Waals surface area (Å²) in [6.07, 6.45) is 1.62. The molecule has 0 aliphatic carbocycles. The highest BCUT2D eigenvalue weighted by Crippen LogP contribution is 2.45. The maximum Gasteiger partial charge on any atom is 0.335 e. The molecule has 0 spiro atoms. The molecule has 6 nitrogen and oxygen atoms in total. The number of nitrogens with one attached hydrogen (secondary N) is 1. The smallest absolute Gasteiger partial charge is 0.335 e. The predicted molar refractivity (Wildman–Crippen MR) is 121 cm³/mol. The van der Waals surface area contributed by atoms with Crippen LogP contribution >= 0.6 is 0 Å². The first-order valence-electron chi connectivity index (χ1n) is 10.7. The van der Waals surface area contributed by atoms with Gasteiger partial charge in [0.15, 0.2) is 9.84 Å². The maximum atomic E-state index is 13.1. The minimum Gasteiger partial charge on any atom is -0.478 e. The molecule has 2 aliphatic rings. The van der Waals surface area contributed by atoms with Crippen molar-refractivity contribution in [2.45, 2.75) is 37.6 Å².